The molecule has 1 rings (SSSR count). The highest BCUT2D eigenvalue weighted by atomic mass is 79.9. The number of hydrogen-bond acceptors (Lipinski definition) is 2. The minimum atomic E-state index is -0.442. The molecule has 0 aliphatic heterocycles. The lowest BCUT2D eigenvalue weighted by atomic mass is 10.1. The average Bonchev–Trinajstić information content (AvgIpc) is 2.21. The maximum Gasteiger partial charge on any atom is 0.242 e. The minimum Gasteiger partial charge on any atom is -0.373 e. The van der Waals surface area contributed by atoms with Crippen molar-refractivity contribution in [1.29, 1.82) is 0 Å². The van der Waals surface area contributed by atoms with Crippen molar-refractivity contribution >= 4 is 27.5 Å². The van der Waals surface area contributed by atoms with Crippen LogP contribution in [0.2, 0.25) is 0 Å². The van der Waals surface area contributed by atoms with Crippen LogP contribution in [0, 0.1) is 5.82 Å². The van der Waals surface area contributed by atoms with E-state index in [2.05, 4.69) is 26.6 Å². The first-order chi connectivity index (χ1) is 8.19. The number of benzene rings is 1. The quantitative estimate of drug-likeness (QED) is 0.898. The van der Waals surface area contributed by atoms with Crippen LogP contribution in [0.25, 0.3) is 0 Å². The maximum absolute atomic E-state index is 13.1. The normalized spacial score (nSPS) is 13.0. The number of halogens is 2. The molecule has 0 aliphatic rings. The molecule has 18 heavy (non-hydrogen) atoms. The van der Waals surface area contributed by atoms with Gasteiger partial charge in [-0.2, -0.15) is 0 Å². The van der Waals surface area contributed by atoms with E-state index in [1.165, 1.54) is 12.1 Å². The third-order valence-electron chi connectivity index (χ3n) is 2.19. The predicted molar refractivity (Wildman–Crippen MR) is 75.1 cm³/mol. The zero-order valence-corrected chi connectivity index (χ0v) is 12.6. The van der Waals surface area contributed by atoms with Crippen LogP contribution < -0.4 is 10.6 Å². The van der Waals surface area contributed by atoms with Gasteiger partial charge in [0.2, 0.25) is 5.91 Å². The number of hydrogen-bond donors (Lipinski definition) is 2. The molecule has 1 aromatic rings. The fraction of sp³-hybridized carbons (Fsp3) is 0.462. The van der Waals surface area contributed by atoms with Crippen molar-refractivity contribution in [2.45, 2.75) is 39.3 Å². The number of amides is 1. The lowest BCUT2D eigenvalue weighted by Crippen LogP contribution is -2.47. The van der Waals surface area contributed by atoms with Gasteiger partial charge in [-0.05, 0) is 61.8 Å². The zero-order valence-electron chi connectivity index (χ0n) is 11.0. The van der Waals surface area contributed by atoms with E-state index in [-0.39, 0.29) is 17.3 Å². The minimum absolute atomic E-state index is 0.126. The van der Waals surface area contributed by atoms with E-state index in [0.29, 0.717) is 5.69 Å². The third-order valence-corrected chi connectivity index (χ3v) is 2.88. The van der Waals surface area contributed by atoms with E-state index in [9.17, 15) is 9.18 Å². The summed E-state index contributed by atoms with van der Waals surface area (Å²) in [7, 11) is 0. The fourth-order valence-electron chi connectivity index (χ4n) is 1.38. The highest BCUT2D eigenvalue weighted by Crippen LogP contribution is 2.23. The topological polar surface area (TPSA) is 41.1 Å². The number of nitrogens with one attached hydrogen (secondary N) is 2. The molecule has 1 unspecified atom stereocenters. The van der Waals surface area contributed by atoms with Gasteiger partial charge in [0.25, 0.3) is 0 Å². The fourth-order valence-corrected chi connectivity index (χ4v) is 1.75. The Labute approximate surface area is 115 Å². The van der Waals surface area contributed by atoms with Crippen LogP contribution in [0.1, 0.15) is 27.7 Å². The molecular weight excluding hydrogens is 299 g/mol. The van der Waals surface area contributed by atoms with Crippen molar-refractivity contribution in [2.24, 2.45) is 0 Å². The molecule has 5 heteroatoms. The summed E-state index contributed by atoms with van der Waals surface area (Å²) < 4.78 is 13.8. The van der Waals surface area contributed by atoms with E-state index < -0.39 is 6.04 Å². The standard InChI is InChI=1S/C13H18BrFN2O/c1-8(12(18)17-13(2,3)4)16-11-7-9(15)5-6-10(11)14/h5-8,16H,1-4H3,(H,17,18). The first kappa shape index (κ1) is 15.0. The van der Waals surface area contributed by atoms with Crippen LogP contribution in [0.15, 0.2) is 22.7 Å². The summed E-state index contributed by atoms with van der Waals surface area (Å²) in [5.74, 6) is -0.470. The summed E-state index contributed by atoms with van der Waals surface area (Å²) in [6, 6.07) is 3.87. The SMILES string of the molecule is CC(Nc1cc(F)ccc1Br)C(=O)NC(C)(C)C. The lowest BCUT2D eigenvalue weighted by Gasteiger charge is -2.24. The van der Waals surface area contributed by atoms with Gasteiger partial charge >= 0.3 is 0 Å². The van der Waals surface area contributed by atoms with Gasteiger partial charge in [0, 0.05) is 10.0 Å². The van der Waals surface area contributed by atoms with Gasteiger partial charge in [-0.3, -0.25) is 4.79 Å². The molecule has 1 aromatic carbocycles. The molecule has 3 nitrogen and oxygen atoms in total. The highest BCUT2D eigenvalue weighted by Gasteiger charge is 2.19. The van der Waals surface area contributed by atoms with E-state index in [1.54, 1.807) is 13.0 Å². The molecule has 0 aromatic heterocycles. The monoisotopic (exact) mass is 316 g/mol. The van der Waals surface area contributed by atoms with E-state index >= 15 is 0 Å². The van der Waals surface area contributed by atoms with Gasteiger partial charge in [0.15, 0.2) is 0 Å². The van der Waals surface area contributed by atoms with Crippen molar-refractivity contribution in [3.63, 3.8) is 0 Å². The van der Waals surface area contributed by atoms with Gasteiger partial charge in [0.1, 0.15) is 11.9 Å². The largest absolute Gasteiger partial charge is 0.373 e. The number of carbonyl (C=O) groups excluding carboxylic acids is 1. The maximum atomic E-state index is 13.1. The molecule has 0 heterocycles. The van der Waals surface area contributed by atoms with Crippen LogP contribution in [0.5, 0.6) is 0 Å². The Morgan fingerprint density at radius 1 is 1.39 bits per heavy atom. The summed E-state index contributed by atoms with van der Waals surface area (Å²) in [6.07, 6.45) is 0. The van der Waals surface area contributed by atoms with Gasteiger partial charge in [-0.15, -0.1) is 0 Å². The lowest BCUT2D eigenvalue weighted by molar-refractivity contribution is -0.122. The van der Waals surface area contributed by atoms with Crippen LogP contribution in [0.4, 0.5) is 10.1 Å². The molecule has 1 amide bonds. The van der Waals surface area contributed by atoms with Crippen LogP contribution >= 0.6 is 15.9 Å². The van der Waals surface area contributed by atoms with Crippen molar-refractivity contribution in [1.82, 2.24) is 5.32 Å². The Kier molecular flexibility index (Phi) is 4.73. The highest BCUT2D eigenvalue weighted by molar-refractivity contribution is 9.10. The summed E-state index contributed by atoms with van der Waals surface area (Å²) >= 11 is 3.31. The van der Waals surface area contributed by atoms with Gasteiger partial charge in [-0.25, -0.2) is 4.39 Å². The smallest absolute Gasteiger partial charge is 0.242 e. The first-order valence-electron chi connectivity index (χ1n) is 5.72. The van der Waals surface area contributed by atoms with E-state index in [0.717, 1.165) is 4.47 Å². The Morgan fingerprint density at radius 2 is 2.00 bits per heavy atom. The van der Waals surface area contributed by atoms with Crippen molar-refractivity contribution < 1.29 is 9.18 Å². The number of rotatable bonds is 3. The van der Waals surface area contributed by atoms with Crippen molar-refractivity contribution in [3.8, 4) is 0 Å². The Morgan fingerprint density at radius 3 is 2.56 bits per heavy atom. The molecule has 100 valence electrons. The molecule has 0 fully saturated rings. The summed E-state index contributed by atoms with van der Waals surface area (Å²) in [4.78, 5) is 11.9. The van der Waals surface area contributed by atoms with Crippen molar-refractivity contribution in [2.75, 3.05) is 5.32 Å². The molecule has 0 saturated carbocycles. The first-order valence-corrected chi connectivity index (χ1v) is 6.52. The van der Waals surface area contributed by atoms with E-state index in [1.807, 2.05) is 20.8 Å². The van der Waals surface area contributed by atoms with Crippen LogP contribution in [-0.2, 0) is 4.79 Å². The second-order valence-corrected chi connectivity index (χ2v) is 6.08. The molecule has 0 bridgehead atoms. The Hall–Kier alpha value is -1.10. The summed E-state index contributed by atoms with van der Waals surface area (Å²) in [5.41, 5.74) is 0.276. The van der Waals surface area contributed by atoms with E-state index in [4.69, 9.17) is 0 Å². The average molecular weight is 317 g/mol. The zero-order chi connectivity index (χ0) is 13.9. The van der Waals surface area contributed by atoms with Crippen molar-refractivity contribution in [3.05, 3.63) is 28.5 Å². The Balaban J connectivity index is 2.72. The Bertz CT molecular complexity index is 443. The van der Waals surface area contributed by atoms with Gasteiger partial charge < -0.3 is 10.6 Å². The van der Waals surface area contributed by atoms with Crippen LogP contribution in [-0.4, -0.2) is 17.5 Å². The number of carbonyl (C=O) groups is 1. The third kappa shape index (κ3) is 4.64. The molecule has 0 aliphatic carbocycles. The second-order valence-electron chi connectivity index (χ2n) is 5.23. The van der Waals surface area contributed by atoms with Crippen LogP contribution in [0.3, 0.4) is 0 Å². The van der Waals surface area contributed by atoms with Gasteiger partial charge in [0.05, 0.1) is 5.69 Å². The molecule has 0 spiro atoms. The molecule has 0 saturated heterocycles. The molecule has 2 N–H and O–H groups in total. The predicted octanol–water partition coefficient (Wildman–Crippen LogP) is 3.30. The summed E-state index contributed by atoms with van der Waals surface area (Å²) in [6.45, 7) is 7.47. The molecule has 0 radical (unpaired) electrons. The second kappa shape index (κ2) is 5.69. The van der Waals surface area contributed by atoms with Gasteiger partial charge in [-0.1, -0.05) is 0 Å². The number of anilines is 1. The summed E-state index contributed by atoms with van der Waals surface area (Å²) in [5, 5.41) is 5.84. The molecule has 1 atom stereocenters. The molecular formula is C13H18BrFN2O.